The Bertz CT molecular complexity index is 1090. The summed E-state index contributed by atoms with van der Waals surface area (Å²) >= 11 is 6.24. The van der Waals surface area contributed by atoms with Crippen LogP contribution in [-0.2, 0) is 12.0 Å². The maximum absolute atomic E-state index is 11.9. The predicted octanol–water partition coefficient (Wildman–Crippen LogP) is 5.48. The average molecular weight is 391 g/mol. The van der Waals surface area contributed by atoms with Crippen LogP contribution in [0.1, 0.15) is 37.1 Å². The van der Waals surface area contributed by atoms with Crippen molar-refractivity contribution in [2.75, 3.05) is 0 Å². The van der Waals surface area contributed by atoms with Crippen molar-refractivity contribution in [2.45, 2.75) is 32.2 Å². The lowest BCUT2D eigenvalue weighted by molar-refractivity contribution is 0.413. The molecule has 3 nitrogen and oxygen atoms in total. The molecule has 0 spiro atoms. The van der Waals surface area contributed by atoms with Gasteiger partial charge in [-0.05, 0) is 49.6 Å². The summed E-state index contributed by atoms with van der Waals surface area (Å²) in [5, 5.41) is 0.719. The lowest BCUT2D eigenvalue weighted by atomic mass is 9.63. The van der Waals surface area contributed by atoms with E-state index in [1.54, 1.807) is 6.07 Å². The van der Waals surface area contributed by atoms with Crippen LogP contribution in [0.4, 0.5) is 0 Å². The van der Waals surface area contributed by atoms with Gasteiger partial charge in [-0.15, -0.1) is 0 Å². The van der Waals surface area contributed by atoms with Crippen molar-refractivity contribution in [1.82, 2.24) is 4.98 Å². The number of aromatic nitrogens is 1. The fraction of sp³-hybridized carbons (Fsp3) is 0.250. The summed E-state index contributed by atoms with van der Waals surface area (Å²) in [5.41, 5.74) is 5.19. The van der Waals surface area contributed by atoms with Crippen molar-refractivity contribution in [1.29, 1.82) is 0 Å². The molecule has 0 amide bonds. The molecule has 0 unspecified atom stereocenters. The zero-order chi connectivity index (χ0) is 19.7. The van der Waals surface area contributed by atoms with Gasteiger partial charge >= 0.3 is 0 Å². The van der Waals surface area contributed by atoms with Crippen molar-refractivity contribution in [2.24, 2.45) is 10.9 Å². The zero-order valence-corrected chi connectivity index (χ0v) is 16.8. The summed E-state index contributed by atoms with van der Waals surface area (Å²) in [6.07, 6.45) is 11.9. The first-order chi connectivity index (χ1) is 13.5. The normalized spacial score (nSPS) is 25.3. The van der Waals surface area contributed by atoms with E-state index in [0.717, 1.165) is 34.7 Å². The molecule has 1 aromatic heterocycles. The van der Waals surface area contributed by atoms with Crippen LogP contribution in [-0.4, -0.2) is 11.2 Å². The van der Waals surface area contributed by atoms with Crippen LogP contribution in [0.5, 0.6) is 0 Å². The van der Waals surface area contributed by atoms with Crippen LogP contribution in [0.15, 0.2) is 75.6 Å². The van der Waals surface area contributed by atoms with Gasteiger partial charge in [-0.25, -0.2) is 0 Å². The van der Waals surface area contributed by atoms with E-state index >= 15 is 0 Å². The van der Waals surface area contributed by atoms with E-state index in [1.165, 1.54) is 11.1 Å². The Morgan fingerprint density at radius 3 is 2.86 bits per heavy atom. The largest absolute Gasteiger partial charge is 0.326 e. The molecule has 2 aliphatic carbocycles. The minimum Gasteiger partial charge on any atom is -0.326 e. The van der Waals surface area contributed by atoms with Crippen molar-refractivity contribution >= 4 is 23.9 Å². The highest BCUT2D eigenvalue weighted by Gasteiger charge is 2.46. The van der Waals surface area contributed by atoms with E-state index < -0.39 is 5.54 Å². The SMILES string of the molecule is CC=C1[C@H]2C=C(C)C[C@]1(N=CC=Cc1ccccc1Cl)c1ccc(=O)[nH]c1C2. The maximum atomic E-state index is 11.9. The monoisotopic (exact) mass is 390 g/mol. The number of hydrogen-bond donors (Lipinski definition) is 1. The van der Waals surface area contributed by atoms with E-state index in [-0.39, 0.29) is 11.5 Å². The summed E-state index contributed by atoms with van der Waals surface area (Å²) in [6, 6.07) is 11.3. The first kappa shape index (κ1) is 18.7. The van der Waals surface area contributed by atoms with Gasteiger partial charge in [0, 0.05) is 40.9 Å². The molecule has 0 aliphatic heterocycles. The van der Waals surface area contributed by atoms with Gasteiger partial charge in [0.15, 0.2) is 0 Å². The molecule has 0 radical (unpaired) electrons. The highest BCUT2D eigenvalue weighted by Crippen LogP contribution is 2.51. The number of fused-ring (bicyclic) bond motifs is 4. The molecule has 1 N–H and O–H groups in total. The molecule has 142 valence electrons. The first-order valence-electron chi connectivity index (χ1n) is 9.56. The van der Waals surface area contributed by atoms with Gasteiger partial charge in [0.1, 0.15) is 5.54 Å². The minimum absolute atomic E-state index is 0.0563. The molecule has 28 heavy (non-hydrogen) atoms. The van der Waals surface area contributed by atoms with Crippen LogP contribution in [0.25, 0.3) is 6.08 Å². The fourth-order valence-corrected chi connectivity index (χ4v) is 4.78. The second-order valence-electron chi connectivity index (χ2n) is 7.48. The number of benzene rings is 1. The second kappa shape index (κ2) is 7.40. The molecule has 4 rings (SSSR count). The van der Waals surface area contributed by atoms with Crippen molar-refractivity contribution < 1.29 is 0 Å². The van der Waals surface area contributed by atoms with Crippen LogP contribution in [0.3, 0.4) is 0 Å². The third-order valence-electron chi connectivity index (χ3n) is 5.64. The Kier molecular flexibility index (Phi) is 4.94. The topological polar surface area (TPSA) is 45.2 Å². The van der Waals surface area contributed by atoms with Gasteiger partial charge < -0.3 is 4.98 Å². The molecular weight excluding hydrogens is 368 g/mol. The molecule has 4 heteroatoms. The molecular formula is C24H23ClN2O. The number of aromatic amines is 1. The van der Waals surface area contributed by atoms with Crippen LogP contribution in [0, 0.1) is 5.92 Å². The molecule has 2 bridgehead atoms. The number of allylic oxidation sites excluding steroid dienone is 3. The first-order valence-corrected chi connectivity index (χ1v) is 9.94. The van der Waals surface area contributed by atoms with Gasteiger partial charge in [0.05, 0.1) is 0 Å². The summed E-state index contributed by atoms with van der Waals surface area (Å²) < 4.78 is 0. The van der Waals surface area contributed by atoms with E-state index in [1.807, 2.05) is 48.7 Å². The summed E-state index contributed by atoms with van der Waals surface area (Å²) in [7, 11) is 0. The Morgan fingerprint density at radius 2 is 2.07 bits per heavy atom. The molecule has 1 aromatic carbocycles. The molecule has 0 fully saturated rings. The molecule has 2 atom stereocenters. The summed E-state index contributed by atoms with van der Waals surface area (Å²) in [6.45, 7) is 4.25. The van der Waals surface area contributed by atoms with E-state index in [9.17, 15) is 4.79 Å². The van der Waals surface area contributed by atoms with Crippen LogP contribution >= 0.6 is 11.6 Å². The van der Waals surface area contributed by atoms with Crippen LogP contribution in [0.2, 0.25) is 5.02 Å². The van der Waals surface area contributed by atoms with E-state index in [4.69, 9.17) is 16.6 Å². The lowest BCUT2D eigenvalue weighted by Gasteiger charge is -2.45. The number of halogens is 1. The quantitative estimate of drug-likeness (QED) is 0.547. The highest BCUT2D eigenvalue weighted by molar-refractivity contribution is 6.32. The Morgan fingerprint density at radius 1 is 1.25 bits per heavy atom. The number of H-pyrrole nitrogens is 1. The highest BCUT2D eigenvalue weighted by atomic mass is 35.5. The Labute approximate surface area is 170 Å². The second-order valence-corrected chi connectivity index (χ2v) is 7.89. The standard InChI is InChI=1S/C24H23ClN2O/c1-3-19-18-13-16(2)15-24(19,20-10-11-23(28)27-22(20)14-18)26-12-6-8-17-7-4-5-9-21(17)25/h3-13,18H,14-15H2,1-2H3,(H,27,28)/t18-,24+/m0/s1. The summed E-state index contributed by atoms with van der Waals surface area (Å²) in [5.74, 6) is 0.272. The fourth-order valence-electron chi connectivity index (χ4n) is 4.58. The van der Waals surface area contributed by atoms with Gasteiger partial charge in [-0.2, -0.15) is 0 Å². The van der Waals surface area contributed by atoms with E-state index in [0.29, 0.717) is 0 Å². The van der Waals surface area contributed by atoms with Gasteiger partial charge in [0.25, 0.3) is 0 Å². The van der Waals surface area contributed by atoms with Gasteiger partial charge in [-0.3, -0.25) is 9.79 Å². The van der Waals surface area contributed by atoms with Crippen molar-refractivity contribution in [3.05, 3.63) is 98.0 Å². The third kappa shape index (κ3) is 3.20. The Hall–Kier alpha value is -2.65. The Balaban J connectivity index is 1.78. The number of nitrogens with one attached hydrogen (secondary N) is 1. The van der Waals surface area contributed by atoms with Crippen molar-refractivity contribution in [3.63, 3.8) is 0 Å². The van der Waals surface area contributed by atoms with Crippen molar-refractivity contribution in [3.8, 4) is 0 Å². The van der Waals surface area contributed by atoms with Gasteiger partial charge in [0.2, 0.25) is 5.56 Å². The van der Waals surface area contributed by atoms with Gasteiger partial charge in [-0.1, -0.05) is 53.6 Å². The zero-order valence-electron chi connectivity index (χ0n) is 16.1. The molecule has 0 saturated heterocycles. The minimum atomic E-state index is -0.457. The number of hydrogen-bond acceptors (Lipinski definition) is 2. The average Bonchev–Trinajstić information content (AvgIpc) is 2.65. The third-order valence-corrected chi connectivity index (χ3v) is 5.98. The number of rotatable bonds is 3. The molecule has 2 aliphatic rings. The smallest absolute Gasteiger partial charge is 0.248 e. The number of nitrogens with zero attached hydrogens (tertiary/aromatic N) is 1. The van der Waals surface area contributed by atoms with Crippen LogP contribution < -0.4 is 5.56 Å². The van der Waals surface area contributed by atoms with E-state index in [2.05, 4.69) is 31.0 Å². The number of aliphatic imine (C=N–C) groups is 1. The molecule has 0 saturated carbocycles. The molecule has 2 aromatic rings. The predicted molar refractivity (Wildman–Crippen MR) is 117 cm³/mol. The summed E-state index contributed by atoms with van der Waals surface area (Å²) in [4.78, 5) is 20.0. The molecule has 1 heterocycles. The lowest BCUT2D eigenvalue weighted by Crippen LogP contribution is -2.40. The maximum Gasteiger partial charge on any atom is 0.248 e. The number of pyridine rings is 1.